The molecule has 0 N–H and O–H groups in total. The fourth-order valence-corrected chi connectivity index (χ4v) is 2.43. The summed E-state index contributed by atoms with van der Waals surface area (Å²) in [6, 6.07) is 5.51. The topological polar surface area (TPSA) is 18.5 Å². The lowest BCUT2D eigenvalue weighted by Gasteiger charge is -2.39. The highest BCUT2D eigenvalue weighted by atomic mass is 19.4. The molecule has 150 valence electrons. The Morgan fingerprint density at radius 3 is 1.65 bits per heavy atom. The normalized spacial score (nSPS) is 16.3. The minimum absolute atomic E-state index is 0.0102. The van der Waals surface area contributed by atoms with Crippen molar-refractivity contribution in [3.8, 4) is 5.75 Å². The lowest BCUT2D eigenvalue weighted by Crippen LogP contribution is -2.56. The maximum atomic E-state index is 14.3. The van der Waals surface area contributed by atoms with Crippen molar-refractivity contribution in [2.24, 2.45) is 0 Å². The van der Waals surface area contributed by atoms with Crippen molar-refractivity contribution in [2.45, 2.75) is 63.3 Å². The van der Waals surface area contributed by atoms with Crippen LogP contribution in [0.15, 0.2) is 24.3 Å². The number of hydrogen-bond acceptors (Lipinski definition) is 2. The molecule has 0 aliphatic rings. The maximum absolute atomic E-state index is 14.3. The van der Waals surface area contributed by atoms with Crippen molar-refractivity contribution in [1.82, 2.24) is 0 Å². The van der Waals surface area contributed by atoms with E-state index in [0.717, 1.165) is 14.0 Å². The van der Waals surface area contributed by atoms with E-state index in [-0.39, 0.29) is 11.3 Å². The van der Waals surface area contributed by atoms with Crippen molar-refractivity contribution in [1.29, 1.82) is 0 Å². The van der Waals surface area contributed by atoms with Crippen LogP contribution in [0.1, 0.15) is 39.7 Å². The molecule has 0 spiro atoms. The molecule has 2 nitrogen and oxygen atoms in total. The Morgan fingerprint density at radius 1 is 0.808 bits per heavy atom. The van der Waals surface area contributed by atoms with Gasteiger partial charge in [-0.15, -0.1) is 0 Å². The first-order valence-corrected chi connectivity index (χ1v) is 7.63. The van der Waals surface area contributed by atoms with E-state index >= 15 is 0 Å². The minimum Gasteiger partial charge on any atom is -0.488 e. The van der Waals surface area contributed by atoms with Gasteiger partial charge in [0.05, 0.1) is 5.60 Å². The molecule has 1 aromatic rings. The number of alkyl halides is 7. The predicted molar refractivity (Wildman–Crippen MR) is 81.8 cm³/mol. The highest BCUT2D eigenvalue weighted by molar-refractivity contribution is 5.39. The molecule has 0 bridgehead atoms. The molecule has 1 aromatic carbocycles. The second-order valence-electron chi connectivity index (χ2n) is 7.12. The smallest absolute Gasteiger partial charge is 0.431 e. The van der Waals surface area contributed by atoms with Crippen LogP contribution in [0.3, 0.4) is 0 Å². The van der Waals surface area contributed by atoms with Crippen LogP contribution in [0.5, 0.6) is 5.75 Å². The maximum Gasteiger partial charge on any atom is 0.431 e. The number of methoxy groups -OCH3 is 1. The summed E-state index contributed by atoms with van der Waals surface area (Å²) in [5.74, 6) is 0.0102. The third-order valence-electron chi connectivity index (χ3n) is 3.80. The zero-order valence-electron chi connectivity index (χ0n) is 15.0. The van der Waals surface area contributed by atoms with Crippen molar-refractivity contribution in [3.63, 3.8) is 0 Å². The van der Waals surface area contributed by atoms with E-state index < -0.39 is 35.6 Å². The van der Waals surface area contributed by atoms with Gasteiger partial charge in [0.25, 0.3) is 0 Å². The Hall–Kier alpha value is -1.51. The summed E-state index contributed by atoms with van der Waals surface area (Å²) in [7, 11) is 0.918. The monoisotopic (exact) mass is 390 g/mol. The summed E-state index contributed by atoms with van der Waals surface area (Å²) >= 11 is 0. The SMILES string of the molecule is COC(C)(CC(F)(C(F)(F)F)C(F)(F)F)c1ccccc1OC(C)(C)C. The minimum atomic E-state index is -6.16. The third kappa shape index (κ3) is 4.61. The Balaban J connectivity index is 3.49. The molecule has 0 radical (unpaired) electrons. The molecule has 0 saturated carbocycles. The van der Waals surface area contributed by atoms with Crippen LogP contribution in [0.4, 0.5) is 30.7 Å². The van der Waals surface area contributed by atoms with Gasteiger partial charge in [-0.25, -0.2) is 4.39 Å². The van der Waals surface area contributed by atoms with Gasteiger partial charge in [0.2, 0.25) is 0 Å². The summed E-state index contributed by atoms with van der Waals surface area (Å²) in [5, 5.41) is 0. The van der Waals surface area contributed by atoms with E-state index in [0.29, 0.717) is 0 Å². The number of hydrogen-bond donors (Lipinski definition) is 0. The molecule has 0 fully saturated rings. The van der Waals surface area contributed by atoms with E-state index in [1.54, 1.807) is 20.8 Å². The van der Waals surface area contributed by atoms with E-state index in [1.165, 1.54) is 24.3 Å². The van der Waals surface area contributed by atoms with Gasteiger partial charge in [-0.05, 0) is 33.8 Å². The number of halogens is 7. The number of rotatable bonds is 5. The second-order valence-corrected chi connectivity index (χ2v) is 7.12. The summed E-state index contributed by atoms with van der Waals surface area (Å²) in [6.45, 7) is 5.92. The molecule has 0 aromatic heterocycles. The fourth-order valence-electron chi connectivity index (χ4n) is 2.43. The van der Waals surface area contributed by atoms with Crippen LogP contribution < -0.4 is 4.74 Å². The molecule has 0 saturated heterocycles. The second kappa shape index (κ2) is 6.90. The quantitative estimate of drug-likeness (QED) is 0.579. The number of para-hydroxylation sites is 1. The highest BCUT2D eigenvalue weighted by Gasteiger charge is 2.74. The van der Waals surface area contributed by atoms with Crippen molar-refractivity contribution >= 4 is 0 Å². The molecule has 26 heavy (non-hydrogen) atoms. The third-order valence-corrected chi connectivity index (χ3v) is 3.80. The van der Waals surface area contributed by atoms with Crippen molar-refractivity contribution in [2.75, 3.05) is 7.11 Å². The van der Waals surface area contributed by atoms with Gasteiger partial charge in [-0.2, -0.15) is 26.3 Å². The molecule has 1 unspecified atom stereocenters. The van der Waals surface area contributed by atoms with E-state index in [9.17, 15) is 30.7 Å². The van der Waals surface area contributed by atoms with Gasteiger partial charge in [0, 0.05) is 19.1 Å². The molecule has 0 amide bonds. The summed E-state index contributed by atoms with van der Waals surface area (Å²) < 4.78 is 103. The van der Waals surface area contributed by atoms with Gasteiger partial charge >= 0.3 is 18.0 Å². The van der Waals surface area contributed by atoms with Crippen molar-refractivity contribution in [3.05, 3.63) is 29.8 Å². The van der Waals surface area contributed by atoms with Crippen LogP contribution in [0, 0.1) is 0 Å². The van der Waals surface area contributed by atoms with Crippen molar-refractivity contribution < 1.29 is 40.2 Å². The highest BCUT2D eigenvalue weighted by Crippen LogP contribution is 2.53. The van der Waals surface area contributed by atoms with Crippen LogP contribution in [0.25, 0.3) is 0 Å². The Kier molecular flexibility index (Phi) is 5.98. The zero-order chi connectivity index (χ0) is 20.6. The molecule has 1 atom stereocenters. The lowest BCUT2D eigenvalue weighted by atomic mass is 9.82. The summed E-state index contributed by atoms with van der Waals surface area (Å²) in [6.07, 6.45) is -14.3. The van der Waals surface area contributed by atoms with E-state index in [1.807, 2.05) is 0 Å². The average molecular weight is 390 g/mol. The lowest BCUT2D eigenvalue weighted by molar-refractivity contribution is -0.353. The molecule has 1 rings (SSSR count). The Morgan fingerprint density at radius 2 is 1.27 bits per heavy atom. The van der Waals surface area contributed by atoms with Gasteiger partial charge in [-0.1, -0.05) is 18.2 Å². The summed E-state index contributed by atoms with van der Waals surface area (Å²) in [5.41, 5.74) is -8.60. The van der Waals surface area contributed by atoms with E-state index in [2.05, 4.69) is 0 Å². The van der Waals surface area contributed by atoms with Gasteiger partial charge in [0.1, 0.15) is 11.4 Å². The predicted octanol–water partition coefficient (Wildman–Crippen LogP) is 5.95. The molecular formula is C17H21F7O2. The average Bonchev–Trinajstić information content (AvgIpc) is 2.43. The molecule has 0 aliphatic carbocycles. The van der Waals surface area contributed by atoms with E-state index in [4.69, 9.17) is 9.47 Å². The Labute approximate surface area is 147 Å². The van der Waals surface area contributed by atoms with Crippen LogP contribution in [0.2, 0.25) is 0 Å². The zero-order valence-corrected chi connectivity index (χ0v) is 15.0. The van der Waals surface area contributed by atoms with Crippen LogP contribution in [-0.4, -0.2) is 30.7 Å². The number of benzene rings is 1. The molecule has 9 heteroatoms. The van der Waals surface area contributed by atoms with Crippen LogP contribution >= 0.6 is 0 Å². The first kappa shape index (κ1) is 22.5. The van der Waals surface area contributed by atoms with Crippen LogP contribution in [-0.2, 0) is 10.3 Å². The Bertz CT molecular complexity index is 603. The standard InChI is InChI=1S/C17H21F7O2/c1-13(2,3)26-12-9-7-6-8-11(12)14(4,25-5)10-15(18,16(19,20)21)17(22,23)24/h6-9H,10H2,1-5H3. The largest absolute Gasteiger partial charge is 0.488 e. The number of ether oxygens (including phenoxy) is 2. The van der Waals surface area contributed by atoms with Gasteiger partial charge in [0.15, 0.2) is 0 Å². The van der Waals surface area contributed by atoms with Gasteiger partial charge < -0.3 is 9.47 Å². The van der Waals surface area contributed by atoms with Gasteiger partial charge in [-0.3, -0.25) is 0 Å². The summed E-state index contributed by atoms with van der Waals surface area (Å²) in [4.78, 5) is 0. The first-order chi connectivity index (χ1) is 11.5. The molecule has 0 aliphatic heterocycles. The first-order valence-electron chi connectivity index (χ1n) is 7.63. The fraction of sp³-hybridized carbons (Fsp3) is 0.647. The molecular weight excluding hydrogens is 369 g/mol. The molecule has 0 heterocycles.